The molecule has 0 aliphatic carbocycles. The highest BCUT2D eigenvalue weighted by Crippen LogP contribution is 2.24. The highest BCUT2D eigenvalue weighted by molar-refractivity contribution is 8.00. The Hall–Kier alpha value is 0.220. The van der Waals surface area contributed by atoms with Crippen LogP contribution < -0.4 is 4.72 Å². The van der Waals surface area contributed by atoms with Crippen LogP contribution in [0, 0.1) is 0 Å². The molecule has 0 bridgehead atoms. The zero-order chi connectivity index (χ0) is 9.19. The minimum Gasteiger partial charge on any atom is -0.273 e. The fourth-order valence-electron chi connectivity index (χ4n) is 1.19. The molecule has 0 aromatic heterocycles. The SMILES string of the molecule is C[C@H]1CC[C@@H](NS(=O)(=O)O)CS1. The third-order valence-corrected chi connectivity index (χ3v) is 3.85. The Morgan fingerprint density at radius 3 is 2.58 bits per heavy atom. The lowest BCUT2D eigenvalue weighted by atomic mass is 10.1. The summed E-state index contributed by atoms with van der Waals surface area (Å²) in [6, 6.07) is -0.0961. The van der Waals surface area contributed by atoms with Gasteiger partial charge in [-0.25, -0.2) is 0 Å². The molecule has 4 nitrogen and oxygen atoms in total. The first kappa shape index (κ1) is 10.3. The molecule has 6 heteroatoms. The average Bonchev–Trinajstić information content (AvgIpc) is 1.91. The lowest BCUT2D eigenvalue weighted by Gasteiger charge is -2.25. The molecule has 2 N–H and O–H groups in total. The highest BCUT2D eigenvalue weighted by atomic mass is 32.2. The zero-order valence-electron chi connectivity index (χ0n) is 6.86. The van der Waals surface area contributed by atoms with Crippen molar-refractivity contribution in [2.45, 2.75) is 31.1 Å². The van der Waals surface area contributed by atoms with E-state index >= 15 is 0 Å². The molecule has 2 atom stereocenters. The smallest absolute Gasteiger partial charge is 0.273 e. The summed E-state index contributed by atoms with van der Waals surface area (Å²) in [6.07, 6.45) is 1.81. The molecule has 0 saturated carbocycles. The van der Waals surface area contributed by atoms with E-state index in [4.69, 9.17) is 4.55 Å². The molecular weight excluding hydrogens is 198 g/mol. The molecule has 1 saturated heterocycles. The summed E-state index contributed by atoms with van der Waals surface area (Å²) in [7, 11) is -4.00. The normalized spacial score (nSPS) is 31.8. The quantitative estimate of drug-likeness (QED) is 0.659. The summed E-state index contributed by atoms with van der Waals surface area (Å²) in [6.45, 7) is 2.12. The Morgan fingerprint density at radius 2 is 2.17 bits per heavy atom. The summed E-state index contributed by atoms with van der Waals surface area (Å²) in [4.78, 5) is 0. The average molecular weight is 211 g/mol. The first-order valence-electron chi connectivity index (χ1n) is 3.84. The van der Waals surface area contributed by atoms with Gasteiger partial charge in [0.25, 0.3) is 0 Å². The molecule has 1 fully saturated rings. The maximum atomic E-state index is 10.4. The monoisotopic (exact) mass is 211 g/mol. The maximum absolute atomic E-state index is 10.4. The van der Waals surface area contributed by atoms with Gasteiger partial charge in [0.15, 0.2) is 0 Å². The van der Waals surface area contributed by atoms with Crippen LogP contribution in [0.1, 0.15) is 19.8 Å². The van der Waals surface area contributed by atoms with Crippen molar-refractivity contribution in [3.05, 3.63) is 0 Å². The molecule has 72 valence electrons. The molecule has 0 spiro atoms. The molecule has 12 heavy (non-hydrogen) atoms. The Labute approximate surface area is 77.0 Å². The summed E-state index contributed by atoms with van der Waals surface area (Å²) >= 11 is 1.73. The van der Waals surface area contributed by atoms with E-state index in [0.29, 0.717) is 5.25 Å². The molecule has 1 aliphatic rings. The molecule has 1 rings (SSSR count). The molecule has 1 aliphatic heterocycles. The number of rotatable bonds is 2. The Kier molecular flexibility index (Phi) is 3.39. The second-order valence-corrected chi connectivity index (χ2v) is 5.67. The van der Waals surface area contributed by atoms with Crippen LogP contribution >= 0.6 is 11.8 Å². The molecule has 1 heterocycles. The number of nitrogens with one attached hydrogen (secondary N) is 1. The minimum atomic E-state index is -4.00. The van der Waals surface area contributed by atoms with Crippen molar-refractivity contribution < 1.29 is 13.0 Å². The Morgan fingerprint density at radius 1 is 1.50 bits per heavy atom. The van der Waals surface area contributed by atoms with E-state index in [9.17, 15) is 8.42 Å². The van der Waals surface area contributed by atoms with E-state index in [2.05, 4.69) is 11.6 Å². The van der Waals surface area contributed by atoms with Crippen molar-refractivity contribution in [2.75, 3.05) is 5.75 Å². The van der Waals surface area contributed by atoms with Crippen LogP contribution in [0.3, 0.4) is 0 Å². The molecule has 0 aromatic rings. The van der Waals surface area contributed by atoms with Crippen molar-refractivity contribution >= 4 is 22.1 Å². The Bertz CT molecular complexity index is 231. The zero-order valence-corrected chi connectivity index (χ0v) is 8.49. The third kappa shape index (κ3) is 3.75. The Balaban J connectivity index is 2.36. The first-order chi connectivity index (χ1) is 5.47. The molecular formula is C6H13NO3S2. The minimum absolute atomic E-state index is 0.0961. The van der Waals surface area contributed by atoms with Crippen molar-refractivity contribution in [3.8, 4) is 0 Å². The van der Waals surface area contributed by atoms with Gasteiger partial charge < -0.3 is 0 Å². The van der Waals surface area contributed by atoms with Gasteiger partial charge in [-0.1, -0.05) is 6.92 Å². The van der Waals surface area contributed by atoms with Crippen LogP contribution in [0.4, 0.5) is 0 Å². The first-order valence-corrected chi connectivity index (χ1v) is 6.32. The highest BCUT2D eigenvalue weighted by Gasteiger charge is 2.21. The lowest BCUT2D eigenvalue weighted by Crippen LogP contribution is -2.38. The standard InChI is InChI=1S/C6H13NO3S2/c1-5-2-3-6(4-11-5)7-12(8,9)10/h5-7H,2-4H2,1H3,(H,8,9,10)/t5-,6+/m0/s1. The van der Waals surface area contributed by atoms with E-state index in [-0.39, 0.29) is 6.04 Å². The van der Waals surface area contributed by atoms with E-state index in [1.54, 1.807) is 11.8 Å². The van der Waals surface area contributed by atoms with E-state index in [0.717, 1.165) is 18.6 Å². The van der Waals surface area contributed by atoms with Gasteiger partial charge >= 0.3 is 10.3 Å². The van der Waals surface area contributed by atoms with E-state index in [1.165, 1.54) is 0 Å². The summed E-state index contributed by atoms with van der Waals surface area (Å²) in [5.41, 5.74) is 0. The van der Waals surface area contributed by atoms with Crippen molar-refractivity contribution in [3.63, 3.8) is 0 Å². The molecule has 0 aromatic carbocycles. The lowest BCUT2D eigenvalue weighted by molar-refractivity contribution is 0.447. The van der Waals surface area contributed by atoms with Crippen LogP contribution in [0.15, 0.2) is 0 Å². The van der Waals surface area contributed by atoms with E-state index in [1.807, 2.05) is 0 Å². The number of hydrogen-bond acceptors (Lipinski definition) is 3. The molecule has 0 unspecified atom stereocenters. The largest absolute Gasteiger partial charge is 0.333 e. The van der Waals surface area contributed by atoms with Gasteiger partial charge in [-0.2, -0.15) is 24.9 Å². The third-order valence-electron chi connectivity index (χ3n) is 1.82. The fourth-order valence-corrected chi connectivity index (χ4v) is 3.03. The van der Waals surface area contributed by atoms with Crippen molar-refractivity contribution in [2.24, 2.45) is 0 Å². The van der Waals surface area contributed by atoms with Gasteiger partial charge in [0.05, 0.1) is 0 Å². The van der Waals surface area contributed by atoms with Gasteiger partial charge in [-0.3, -0.25) is 4.55 Å². The van der Waals surface area contributed by atoms with Crippen molar-refractivity contribution in [1.82, 2.24) is 4.72 Å². The fraction of sp³-hybridized carbons (Fsp3) is 1.00. The van der Waals surface area contributed by atoms with Crippen LogP contribution in [0.2, 0.25) is 0 Å². The van der Waals surface area contributed by atoms with Crippen LogP contribution in [-0.2, 0) is 10.3 Å². The number of thioether (sulfide) groups is 1. The predicted octanol–water partition coefficient (Wildman–Crippen LogP) is 0.663. The van der Waals surface area contributed by atoms with Crippen LogP contribution in [-0.4, -0.2) is 30.0 Å². The van der Waals surface area contributed by atoms with Gasteiger partial charge in [0, 0.05) is 17.0 Å². The predicted molar refractivity (Wildman–Crippen MR) is 49.6 cm³/mol. The van der Waals surface area contributed by atoms with Crippen LogP contribution in [0.5, 0.6) is 0 Å². The van der Waals surface area contributed by atoms with Crippen molar-refractivity contribution in [1.29, 1.82) is 0 Å². The maximum Gasteiger partial charge on any atom is 0.333 e. The number of hydrogen-bond donors (Lipinski definition) is 2. The van der Waals surface area contributed by atoms with Gasteiger partial charge in [-0.15, -0.1) is 0 Å². The second-order valence-electron chi connectivity index (χ2n) is 3.01. The van der Waals surface area contributed by atoms with E-state index < -0.39 is 10.3 Å². The summed E-state index contributed by atoms with van der Waals surface area (Å²) in [5.74, 6) is 0.751. The summed E-state index contributed by atoms with van der Waals surface area (Å²) < 4.78 is 31.5. The van der Waals surface area contributed by atoms with Gasteiger partial charge in [0.1, 0.15) is 0 Å². The summed E-state index contributed by atoms with van der Waals surface area (Å²) in [5, 5.41) is 0.601. The topological polar surface area (TPSA) is 66.4 Å². The van der Waals surface area contributed by atoms with Crippen LogP contribution in [0.25, 0.3) is 0 Å². The second kappa shape index (κ2) is 3.95. The molecule has 0 radical (unpaired) electrons. The van der Waals surface area contributed by atoms with Gasteiger partial charge in [0.2, 0.25) is 0 Å². The molecule has 0 amide bonds. The van der Waals surface area contributed by atoms with Gasteiger partial charge in [-0.05, 0) is 12.8 Å².